The zero-order valence-electron chi connectivity index (χ0n) is 9.80. The molecule has 0 amide bonds. The van der Waals surface area contributed by atoms with E-state index in [1.54, 1.807) is 6.92 Å². The minimum absolute atomic E-state index is 0.153. The largest absolute Gasteiger partial charge is 0.478 e. The van der Waals surface area contributed by atoms with Gasteiger partial charge >= 0.3 is 5.97 Å². The number of rotatable bonds is 6. The number of aromatic nitrogens is 1. The van der Waals surface area contributed by atoms with Gasteiger partial charge < -0.3 is 15.5 Å². The molecule has 94 valence electrons. The molecule has 17 heavy (non-hydrogen) atoms. The van der Waals surface area contributed by atoms with Crippen molar-refractivity contribution in [1.29, 1.82) is 0 Å². The Bertz CT molecular complexity index is 396. The number of aliphatic hydroxyl groups is 1. The van der Waals surface area contributed by atoms with Crippen LogP contribution in [0.2, 0.25) is 0 Å². The van der Waals surface area contributed by atoms with Crippen LogP contribution in [0.3, 0.4) is 0 Å². The fourth-order valence-electron chi connectivity index (χ4n) is 1.37. The Labute approximate surface area is 104 Å². The van der Waals surface area contributed by atoms with Gasteiger partial charge in [-0.2, -0.15) is 11.8 Å². The SMILES string of the molecule is CSCC(C)(O)CNc1cnccc1C(=O)O. The van der Waals surface area contributed by atoms with Crippen molar-refractivity contribution in [1.82, 2.24) is 4.98 Å². The van der Waals surface area contributed by atoms with Crippen LogP contribution in [0.25, 0.3) is 0 Å². The van der Waals surface area contributed by atoms with Gasteiger partial charge in [0.2, 0.25) is 0 Å². The number of carboxylic acids is 1. The van der Waals surface area contributed by atoms with Gasteiger partial charge in [0.1, 0.15) is 0 Å². The first kappa shape index (κ1) is 13.8. The van der Waals surface area contributed by atoms with Gasteiger partial charge in [-0.3, -0.25) is 4.98 Å². The van der Waals surface area contributed by atoms with Crippen LogP contribution in [-0.4, -0.2) is 45.3 Å². The summed E-state index contributed by atoms with van der Waals surface area (Å²) in [4.78, 5) is 14.8. The number of thioether (sulfide) groups is 1. The third-order valence-electron chi connectivity index (χ3n) is 2.17. The highest BCUT2D eigenvalue weighted by Gasteiger charge is 2.20. The van der Waals surface area contributed by atoms with Gasteiger partial charge in [-0.05, 0) is 19.2 Å². The molecule has 1 aromatic rings. The van der Waals surface area contributed by atoms with Crippen LogP contribution in [0, 0.1) is 0 Å². The zero-order valence-corrected chi connectivity index (χ0v) is 10.6. The molecule has 0 spiro atoms. The Morgan fingerprint density at radius 1 is 1.65 bits per heavy atom. The van der Waals surface area contributed by atoms with Gasteiger partial charge in [0.05, 0.1) is 23.0 Å². The molecule has 0 saturated heterocycles. The number of nitrogens with zero attached hydrogens (tertiary/aromatic N) is 1. The van der Waals surface area contributed by atoms with Crippen LogP contribution in [0.15, 0.2) is 18.5 Å². The number of aromatic carboxylic acids is 1. The van der Waals surface area contributed by atoms with Crippen molar-refractivity contribution < 1.29 is 15.0 Å². The quantitative estimate of drug-likeness (QED) is 0.712. The van der Waals surface area contributed by atoms with Crippen LogP contribution in [0.1, 0.15) is 17.3 Å². The molecule has 1 aromatic heterocycles. The van der Waals surface area contributed by atoms with Gasteiger partial charge in [0, 0.05) is 18.5 Å². The van der Waals surface area contributed by atoms with E-state index >= 15 is 0 Å². The van der Waals surface area contributed by atoms with E-state index in [0.717, 1.165) is 0 Å². The summed E-state index contributed by atoms with van der Waals surface area (Å²) in [6.45, 7) is 1.98. The number of pyridine rings is 1. The molecule has 1 rings (SSSR count). The minimum atomic E-state index is -1.01. The molecule has 0 aromatic carbocycles. The molecule has 0 radical (unpaired) electrons. The number of nitrogens with one attached hydrogen (secondary N) is 1. The van der Waals surface area contributed by atoms with E-state index in [4.69, 9.17) is 5.11 Å². The first-order valence-corrected chi connectivity index (χ1v) is 6.48. The standard InChI is InChI=1S/C11H16N2O3S/c1-11(16,7-17-2)6-13-9-5-12-4-3-8(9)10(14)15/h3-5,13,16H,6-7H2,1-2H3,(H,14,15). The molecule has 5 nitrogen and oxygen atoms in total. The van der Waals surface area contributed by atoms with E-state index in [2.05, 4.69) is 10.3 Å². The number of hydrogen-bond acceptors (Lipinski definition) is 5. The fourth-order valence-corrected chi connectivity index (χ4v) is 2.09. The average molecular weight is 256 g/mol. The molecule has 0 saturated carbocycles. The van der Waals surface area contributed by atoms with Crippen molar-refractivity contribution in [2.45, 2.75) is 12.5 Å². The van der Waals surface area contributed by atoms with Crippen LogP contribution in [0.5, 0.6) is 0 Å². The Morgan fingerprint density at radius 3 is 2.94 bits per heavy atom. The molecular formula is C11H16N2O3S. The normalized spacial score (nSPS) is 14.1. The zero-order chi connectivity index (χ0) is 12.9. The Balaban J connectivity index is 2.72. The Kier molecular flexibility index (Phi) is 4.77. The lowest BCUT2D eigenvalue weighted by Gasteiger charge is -2.23. The van der Waals surface area contributed by atoms with Crippen LogP contribution < -0.4 is 5.32 Å². The predicted molar refractivity (Wildman–Crippen MR) is 68.7 cm³/mol. The topological polar surface area (TPSA) is 82.5 Å². The van der Waals surface area contributed by atoms with Crippen molar-refractivity contribution in [3.05, 3.63) is 24.0 Å². The number of carbonyl (C=O) groups is 1. The second-order valence-electron chi connectivity index (χ2n) is 4.01. The molecule has 0 bridgehead atoms. The van der Waals surface area contributed by atoms with Gasteiger partial charge in [-0.25, -0.2) is 4.79 Å². The van der Waals surface area contributed by atoms with E-state index in [-0.39, 0.29) is 12.1 Å². The third kappa shape index (κ3) is 4.24. The summed E-state index contributed by atoms with van der Waals surface area (Å²) in [6.07, 6.45) is 4.77. The molecular weight excluding hydrogens is 240 g/mol. The van der Waals surface area contributed by atoms with E-state index < -0.39 is 11.6 Å². The minimum Gasteiger partial charge on any atom is -0.478 e. The van der Waals surface area contributed by atoms with E-state index in [1.807, 2.05) is 6.26 Å². The summed E-state index contributed by atoms with van der Waals surface area (Å²) in [5.41, 5.74) is -0.313. The summed E-state index contributed by atoms with van der Waals surface area (Å²) in [6, 6.07) is 1.42. The lowest BCUT2D eigenvalue weighted by molar-refractivity contribution is 0.0696. The van der Waals surface area contributed by atoms with E-state index in [0.29, 0.717) is 11.4 Å². The summed E-state index contributed by atoms with van der Waals surface area (Å²) in [5.74, 6) is -0.442. The Hall–Kier alpha value is -1.27. The van der Waals surface area contributed by atoms with Crippen LogP contribution in [0.4, 0.5) is 5.69 Å². The highest BCUT2D eigenvalue weighted by atomic mass is 32.2. The molecule has 3 N–H and O–H groups in total. The molecule has 0 aliphatic rings. The van der Waals surface area contributed by atoms with Crippen molar-refractivity contribution in [3.8, 4) is 0 Å². The molecule has 0 aliphatic carbocycles. The maximum absolute atomic E-state index is 10.9. The second kappa shape index (κ2) is 5.88. The Morgan fingerprint density at radius 2 is 2.35 bits per heavy atom. The molecule has 1 atom stereocenters. The predicted octanol–water partition coefficient (Wildman–Crippen LogP) is 1.31. The maximum Gasteiger partial charge on any atom is 0.337 e. The molecule has 1 heterocycles. The van der Waals surface area contributed by atoms with E-state index in [1.165, 1.54) is 30.2 Å². The number of carboxylic acid groups (broad SMARTS) is 1. The summed E-state index contributed by atoms with van der Waals surface area (Å²) < 4.78 is 0. The van der Waals surface area contributed by atoms with Crippen LogP contribution in [-0.2, 0) is 0 Å². The first-order valence-electron chi connectivity index (χ1n) is 5.09. The van der Waals surface area contributed by atoms with Crippen molar-refractivity contribution in [3.63, 3.8) is 0 Å². The molecule has 1 unspecified atom stereocenters. The van der Waals surface area contributed by atoms with Gasteiger partial charge in [-0.1, -0.05) is 0 Å². The maximum atomic E-state index is 10.9. The fraction of sp³-hybridized carbons (Fsp3) is 0.455. The van der Waals surface area contributed by atoms with Gasteiger partial charge in [0.25, 0.3) is 0 Å². The monoisotopic (exact) mass is 256 g/mol. The van der Waals surface area contributed by atoms with Crippen molar-refractivity contribution >= 4 is 23.4 Å². The summed E-state index contributed by atoms with van der Waals surface area (Å²) in [7, 11) is 0. The highest BCUT2D eigenvalue weighted by molar-refractivity contribution is 7.98. The molecule has 0 aliphatic heterocycles. The first-order chi connectivity index (χ1) is 7.96. The van der Waals surface area contributed by atoms with Crippen molar-refractivity contribution in [2.24, 2.45) is 0 Å². The van der Waals surface area contributed by atoms with Gasteiger partial charge in [0.15, 0.2) is 0 Å². The van der Waals surface area contributed by atoms with Crippen LogP contribution >= 0.6 is 11.8 Å². The smallest absolute Gasteiger partial charge is 0.337 e. The van der Waals surface area contributed by atoms with Gasteiger partial charge in [-0.15, -0.1) is 0 Å². The average Bonchev–Trinajstić information content (AvgIpc) is 2.27. The second-order valence-corrected chi connectivity index (χ2v) is 4.88. The molecule has 0 fully saturated rings. The van der Waals surface area contributed by atoms with Crippen molar-refractivity contribution in [2.75, 3.05) is 23.9 Å². The molecule has 6 heteroatoms. The lowest BCUT2D eigenvalue weighted by Crippen LogP contribution is -2.36. The third-order valence-corrected chi connectivity index (χ3v) is 3.08. The summed E-state index contributed by atoms with van der Waals surface area (Å²) in [5, 5.41) is 21.8. The highest BCUT2D eigenvalue weighted by Crippen LogP contribution is 2.16. The summed E-state index contributed by atoms with van der Waals surface area (Å²) >= 11 is 1.53. The van der Waals surface area contributed by atoms with E-state index in [9.17, 15) is 9.90 Å². The number of anilines is 1. The number of hydrogen-bond donors (Lipinski definition) is 3. The lowest BCUT2D eigenvalue weighted by atomic mass is 10.1.